The highest BCUT2D eigenvalue weighted by Crippen LogP contribution is 2.12. The van der Waals surface area contributed by atoms with Gasteiger partial charge < -0.3 is 20.4 Å². The Morgan fingerprint density at radius 1 is 0.870 bits per heavy atom. The Labute approximate surface area is 140 Å². The summed E-state index contributed by atoms with van der Waals surface area (Å²) in [5.41, 5.74) is 0. The van der Waals surface area contributed by atoms with Gasteiger partial charge >= 0.3 is 5.97 Å². The summed E-state index contributed by atoms with van der Waals surface area (Å²) in [6.07, 6.45) is 9.56. The van der Waals surface area contributed by atoms with E-state index in [9.17, 15) is 20.1 Å². The zero-order chi connectivity index (χ0) is 17.5. The summed E-state index contributed by atoms with van der Waals surface area (Å²) in [5.74, 6) is -0.830. The lowest BCUT2D eigenvalue weighted by Gasteiger charge is -2.15. The van der Waals surface area contributed by atoms with Crippen LogP contribution < -0.4 is 0 Å². The van der Waals surface area contributed by atoms with Gasteiger partial charge in [-0.2, -0.15) is 0 Å². The van der Waals surface area contributed by atoms with Gasteiger partial charge in [0.15, 0.2) is 0 Å². The first-order chi connectivity index (χ1) is 11.0. The van der Waals surface area contributed by atoms with Crippen LogP contribution in [0.2, 0.25) is 0 Å². The van der Waals surface area contributed by atoms with Crippen LogP contribution in [0, 0.1) is 0 Å². The molecule has 0 rings (SSSR count). The Balaban J connectivity index is 3.74. The van der Waals surface area contributed by atoms with Gasteiger partial charge in [-0.05, 0) is 25.7 Å². The summed E-state index contributed by atoms with van der Waals surface area (Å²) >= 11 is 0. The fourth-order valence-electron chi connectivity index (χ4n) is 2.40. The van der Waals surface area contributed by atoms with E-state index < -0.39 is 24.3 Å². The number of unbranched alkanes of at least 4 members (excludes halogenated alkanes) is 6. The summed E-state index contributed by atoms with van der Waals surface area (Å²) in [5, 5.41) is 37.9. The molecule has 3 atom stereocenters. The molecule has 0 aromatic carbocycles. The predicted octanol–water partition coefficient (Wildman–Crippen LogP) is 3.02. The number of carbonyl (C=O) groups is 1. The highest BCUT2D eigenvalue weighted by molar-refractivity contribution is 5.66. The number of carboxylic acid groups (broad SMARTS) is 1. The largest absolute Gasteiger partial charge is 0.481 e. The van der Waals surface area contributed by atoms with Gasteiger partial charge in [0.25, 0.3) is 0 Å². The zero-order valence-electron chi connectivity index (χ0n) is 14.4. The van der Waals surface area contributed by atoms with Crippen molar-refractivity contribution in [2.45, 2.75) is 95.9 Å². The molecule has 0 saturated carbocycles. The summed E-state index contributed by atoms with van der Waals surface area (Å²) < 4.78 is 0. The van der Waals surface area contributed by atoms with Crippen LogP contribution >= 0.6 is 0 Å². The van der Waals surface area contributed by atoms with Gasteiger partial charge in [-0.25, -0.2) is 0 Å². The lowest BCUT2D eigenvalue weighted by Crippen LogP contribution is -2.24. The first-order valence-electron chi connectivity index (χ1n) is 8.91. The SMILES string of the molecule is CCCCCCCC[C@H](O)[C@H](O)/C=C/[C@H](O)CCCCC(=O)O. The average molecular weight is 330 g/mol. The molecule has 5 heteroatoms. The quantitative estimate of drug-likeness (QED) is 0.273. The first kappa shape index (κ1) is 22.1. The Morgan fingerprint density at radius 2 is 1.48 bits per heavy atom. The molecule has 0 fully saturated rings. The molecule has 0 aliphatic rings. The van der Waals surface area contributed by atoms with E-state index in [4.69, 9.17) is 5.11 Å². The normalized spacial score (nSPS) is 15.7. The zero-order valence-corrected chi connectivity index (χ0v) is 14.4. The van der Waals surface area contributed by atoms with E-state index in [0.29, 0.717) is 25.7 Å². The number of hydrogen-bond donors (Lipinski definition) is 4. The molecule has 0 spiro atoms. The van der Waals surface area contributed by atoms with Crippen molar-refractivity contribution >= 4 is 5.97 Å². The third-order valence-corrected chi connectivity index (χ3v) is 3.92. The summed E-state index contributed by atoms with van der Waals surface area (Å²) in [7, 11) is 0. The Morgan fingerprint density at radius 3 is 2.13 bits per heavy atom. The van der Waals surface area contributed by atoms with Crippen molar-refractivity contribution in [1.29, 1.82) is 0 Å². The van der Waals surface area contributed by atoms with Gasteiger partial charge in [0, 0.05) is 6.42 Å². The maximum Gasteiger partial charge on any atom is 0.303 e. The average Bonchev–Trinajstić information content (AvgIpc) is 2.52. The van der Waals surface area contributed by atoms with Crippen LogP contribution in [0.15, 0.2) is 12.2 Å². The number of hydrogen-bond acceptors (Lipinski definition) is 4. The fraction of sp³-hybridized carbons (Fsp3) is 0.833. The highest BCUT2D eigenvalue weighted by Gasteiger charge is 2.13. The molecule has 0 aliphatic heterocycles. The molecular weight excluding hydrogens is 296 g/mol. The molecule has 5 nitrogen and oxygen atoms in total. The molecule has 0 aromatic heterocycles. The second-order valence-electron chi connectivity index (χ2n) is 6.21. The molecule has 4 N–H and O–H groups in total. The molecule has 0 aliphatic carbocycles. The highest BCUT2D eigenvalue weighted by atomic mass is 16.4. The maximum atomic E-state index is 10.4. The molecule has 0 aromatic rings. The van der Waals surface area contributed by atoms with Crippen LogP contribution in [-0.2, 0) is 4.79 Å². The molecule has 0 radical (unpaired) electrons. The Kier molecular flexibility index (Phi) is 14.1. The third-order valence-electron chi connectivity index (χ3n) is 3.92. The van der Waals surface area contributed by atoms with Crippen molar-refractivity contribution < 1.29 is 25.2 Å². The minimum atomic E-state index is -0.959. The van der Waals surface area contributed by atoms with Crippen LogP contribution in [0.1, 0.15) is 77.6 Å². The van der Waals surface area contributed by atoms with E-state index in [0.717, 1.165) is 12.8 Å². The summed E-state index contributed by atoms with van der Waals surface area (Å²) in [6, 6.07) is 0. The molecule has 0 unspecified atom stereocenters. The van der Waals surface area contributed by atoms with E-state index in [-0.39, 0.29) is 6.42 Å². The molecule has 23 heavy (non-hydrogen) atoms. The van der Waals surface area contributed by atoms with Crippen molar-refractivity contribution in [1.82, 2.24) is 0 Å². The van der Waals surface area contributed by atoms with E-state index in [1.165, 1.54) is 37.8 Å². The first-order valence-corrected chi connectivity index (χ1v) is 8.91. The third kappa shape index (κ3) is 14.4. The molecule has 0 saturated heterocycles. The molecule has 0 bridgehead atoms. The van der Waals surface area contributed by atoms with Gasteiger partial charge in [-0.3, -0.25) is 4.79 Å². The van der Waals surface area contributed by atoms with Gasteiger partial charge in [-0.1, -0.05) is 57.6 Å². The molecule has 0 heterocycles. The van der Waals surface area contributed by atoms with Crippen molar-refractivity contribution in [3.05, 3.63) is 12.2 Å². The molecule has 136 valence electrons. The molecule has 0 amide bonds. The standard InChI is InChI=1S/C18H34O5/c1-2-3-4-5-6-7-11-16(20)17(21)14-13-15(19)10-8-9-12-18(22)23/h13-17,19-21H,2-12H2,1H3,(H,22,23)/b14-13+/t15-,16+,17-/m1/s1. The number of rotatable bonds is 15. The van der Waals surface area contributed by atoms with Crippen molar-refractivity contribution in [2.24, 2.45) is 0 Å². The van der Waals surface area contributed by atoms with Crippen molar-refractivity contribution in [3.8, 4) is 0 Å². The van der Waals surface area contributed by atoms with Gasteiger partial charge in [-0.15, -0.1) is 0 Å². The van der Waals surface area contributed by atoms with Crippen molar-refractivity contribution in [2.75, 3.05) is 0 Å². The second kappa shape index (κ2) is 14.7. The Hall–Kier alpha value is -0.910. The van der Waals surface area contributed by atoms with Crippen LogP contribution in [0.25, 0.3) is 0 Å². The van der Waals surface area contributed by atoms with Gasteiger partial charge in [0.1, 0.15) is 0 Å². The maximum absolute atomic E-state index is 10.4. The lowest BCUT2D eigenvalue weighted by molar-refractivity contribution is -0.137. The number of aliphatic carboxylic acids is 1. The van der Waals surface area contributed by atoms with E-state index in [2.05, 4.69) is 6.92 Å². The van der Waals surface area contributed by atoms with Crippen LogP contribution in [-0.4, -0.2) is 44.7 Å². The Bertz CT molecular complexity index is 317. The molecular formula is C18H34O5. The van der Waals surface area contributed by atoms with Crippen LogP contribution in [0.4, 0.5) is 0 Å². The van der Waals surface area contributed by atoms with E-state index in [1.807, 2.05) is 0 Å². The van der Waals surface area contributed by atoms with Gasteiger partial charge in [0.2, 0.25) is 0 Å². The lowest BCUT2D eigenvalue weighted by atomic mass is 10.0. The number of aliphatic hydroxyl groups excluding tert-OH is 3. The van der Waals surface area contributed by atoms with Crippen LogP contribution in [0.3, 0.4) is 0 Å². The minimum absolute atomic E-state index is 0.107. The van der Waals surface area contributed by atoms with Crippen LogP contribution in [0.5, 0.6) is 0 Å². The van der Waals surface area contributed by atoms with Gasteiger partial charge in [0.05, 0.1) is 18.3 Å². The van der Waals surface area contributed by atoms with E-state index in [1.54, 1.807) is 0 Å². The van der Waals surface area contributed by atoms with Crippen molar-refractivity contribution in [3.63, 3.8) is 0 Å². The monoisotopic (exact) mass is 330 g/mol. The minimum Gasteiger partial charge on any atom is -0.481 e. The summed E-state index contributed by atoms with van der Waals surface area (Å²) in [6.45, 7) is 2.17. The topological polar surface area (TPSA) is 98.0 Å². The number of aliphatic hydroxyl groups is 3. The number of carboxylic acids is 1. The second-order valence-corrected chi connectivity index (χ2v) is 6.21. The predicted molar refractivity (Wildman–Crippen MR) is 91.3 cm³/mol. The van der Waals surface area contributed by atoms with E-state index >= 15 is 0 Å². The summed E-state index contributed by atoms with van der Waals surface area (Å²) in [4.78, 5) is 10.4. The fourth-order valence-corrected chi connectivity index (χ4v) is 2.40. The smallest absolute Gasteiger partial charge is 0.303 e.